The molecule has 0 spiro atoms. The molecule has 1 aromatic carbocycles. The third-order valence-electron chi connectivity index (χ3n) is 3.27. The molecule has 126 valence electrons. The predicted molar refractivity (Wildman–Crippen MR) is 74.0 cm³/mol. The summed E-state index contributed by atoms with van der Waals surface area (Å²) in [4.78, 5) is 25.1. The Labute approximate surface area is 131 Å². The average Bonchev–Trinajstić information content (AvgIpc) is 2.49. The summed E-state index contributed by atoms with van der Waals surface area (Å²) < 4.78 is 59.1. The number of halogens is 4. The van der Waals surface area contributed by atoms with Crippen molar-refractivity contribution in [2.75, 3.05) is 7.11 Å². The molecule has 0 fully saturated rings. The molecule has 6 nitrogen and oxygen atoms in total. The molecule has 1 heterocycles. The van der Waals surface area contributed by atoms with Gasteiger partial charge in [-0.25, -0.2) is 9.18 Å². The number of methoxy groups -OCH3 is 1. The van der Waals surface area contributed by atoms with Crippen LogP contribution in [0.2, 0.25) is 0 Å². The van der Waals surface area contributed by atoms with E-state index in [1.807, 2.05) is 0 Å². The van der Waals surface area contributed by atoms with Crippen molar-refractivity contribution in [2.45, 2.75) is 6.18 Å². The van der Waals surface area contributed by atoms with Gasteiger partial charge in [-0.1, -0.05) is 0 Å². The summed E-state index contributed by atoms with van der Waals surface area (Å²) in [7, 11) is 1.93. The van der Waals surface area contributed by atoms with Gasteiger partial charge in [0.1, 0.15) is 23.3 Å². The number of rotatable bonds is 2. The van der Waals surface area contributed by atoms with Crippen molar-refractivity contribution >= 4 is 0 Å². The van der Waals surface area contributed by atoms with Gasteiger partial charge in [-0.3, -0.25) is 14.3 Å². The molecule has 0 aliphatic rings. The summed E-state index contributed by atoms with van der Waals surface area (Å²) in [5.41, 5.74) is -6.39. The van der Waals surface area contributed by atoms with Crippen molar-refractivity contribution in [3.63, 3.8) is 0 Å². The minimum atomic E-state index is -5.09. The van der Waals surface area contributed by atoms with E-state index in [4.69, 9.17) is 10.00 Å². The van der Waals surface area contributed by atoms with Crippen LogP contribution in [-0.2, 0) is 13.2 Å². The number of aromatic nitrogens is 2. The maximum Gasteiger partial charge on any atom is 0.432 e. The van der Waals surface area contributed by atoms with E-state index in [1.165, 1.54) is 0 Å². The van der Waals surface area contributed by atoms with Gasteiger partial charge in [0.05, 0.1) is 18.2 Å². The first-order valence-corrected chi connectivity index (χ1v) is 6.30. The Morgan fingerprint density at radius 2 is 1.92 bits per heavy atom. The quantitative estimate of drug-likeness (QED) is 0.842. The van der Waals surface area contributed by atoms with E-state index in [2.05, 4.69) is 0 Å². The normalized spacial score (nSPS) is 11.2. The maximum atomic E-state index is 14.2. The zero-order chi connectivity index (χ0) is 18.2. The lowest BCUT2D eigenvalue weighted by molar-refractivity contribution is -0.143. The number of aromatic amines is 1. The van der Waals surface area contributed by atoms with Gasteiger partial charge in [0.25, 0.3) is 5.56 Å². The monoisotopic (exact) mass is 343 g/mol. The minimum Gasteiger partial charge on any atom is -0.495 e. The molecule has 2 aromatic rings. The molecule has 0 atom stereocenters. The number of hydrogen-bond donors (Lipinski definition) is 1. The number of ether oxygens (including phenoxy) is 1. The largest absolute Gasteiger partial charge is 0.495 e. The number of benzene rings is 1. The highest BCUT2D eigenvalue weighted by molar-refractivity contribution is 5.70. The predicted octanol–water partition coefficient (Wildman–Crippen LogP) is 1.78. The number of nitriles is 1. The first-order valence-electron chi connectivity index (χ1n) is 6.30. The molecule has 0 saturated heterocycles. The fourth-order valence-electron chi connectivity index (χ4n) is 2.20. The summed E-state index contributed by atoms with van der Waals surface area (Å²) in [6.07, 6.45) is -5.09. The zero-order valence-corrected chi connectivity index (χ0v) is 12.3. The lowest BCUT2D eigenvalue weighted by Crippen LogP contribution is -2.35. The van der Waals surface area contributed by atoms with Crippen molar-refractivity contribution < 1.29 is 22.3 Å². The lowest BCUT2D eigenvalue weighted by Gasteiger charge is -2.16. The molecule has 0 amide bonds. The zero-order valence-electron chi connectivity index (χ0n) is 12.3. The molecule has 0 bridgehead atoms. The van der Waals surface area contributed by atoms with Gasteiger partial charge < -0.3 is 4.74 Å². The van der Waals surface area contributed by atoms with Gasteiger partial charge in [-0.15, -0.1) is 0 Å². The third-order valence-corrected chi connectivity index (χ3v) is 3.27. The van der Waals surface area contributed by atoms with Crippen molar-refractivity contribution in [2.24, 2.45) is 7.05 Å². The first kappa shape index (κ1) is 17.3. The SMILES string of the molecule is COc1cc(-c2c(C(F)(F)F)n(C)c(=O)[nH]c2=O)c(F)cc1C#N. The van der Waals surface area contributed by atoms with E-state index < -0.39 is 40.1 Å². The second-order valence-electron chi connectivity index (χ2n) is 4.68. The molecule has 2 rings (SSSR count). The molecule has 1 N–H and O–H groups in total. The fourth-order valence-corrected chi connectivity index (χ4v) is 2.20. The molecule has 10 heteroatoms. The smallest absolute Gasteiger partial charge is 0.432 e. The Bertz CT molecular complexity index is 967. The van der Waals surface area contributed by atoms with Gasteiger partial charge in [0.2, 0.25) is 0 Å². The standard InChI is InChI=1S/C14H9F4N3O3/c1-21-11(14(16,17)18)10(12(22)20-13(21)23)7-4-9(24-2)6(5-19)3-8(7)15/h3-4H,1-2H3,(H,20,22,23). The summed E-state index contributed by atoms with van der Waals surface area (Å²) in [5, 5.41) is 8.86. The van der Waals surface area contributed by atoms with E-state index in [9.17, 15) is 27.2 Å². The molecular formula is C14H9F4N3O3. The topological polar surface area (TPSA) is 87.9 Å². The van der Waals surface area contributed by atoms with E-state index in [0.29, 0.717) is 6.07 Å². The molecular weight excluding hydrogens is 334 g/mol. The number of nitrogens with one attached hydrogen (secondary N) is 1. The Kier molecular flexibility index (Phi) is 4.20. The summed E-state index contributed by atoms with van der Waals surface area (Å²) >= 11 is 0. The summed E-state index contributed by atoms with van der Waals surface area (Å²) in [6, 6.07) is 3.07. The van der Waals surface area contributed by atoms with Crippen LogP contribution in [0.15, 0.2) is 21.7 Å². The maximum absolute atomic E-state index is 14.2. The molecule has 1 aromatic heterocycles. The summed E-state index contributed by atoms with van der Waals surface area (Å²) in [5.74, 6) is -1.45. The molecule has 0 aliphatic heterocycles. The van der Waals surface area contributed by atoms with Gasteiger partial charge in [-0.05, 0) is 12.1 Å². The van der Waals surface area contributed by atoms with E-state index in [0.717, 1.165) is 20.2 Å². The van der Waals surface area contributed by atoms with Crippen LogP contribution in [0.5, 0.6) is 5.75 Å². The second kappa shape index (κ2) is 5.84. The number of H-pyrrole nitrogens is 1. The Balaban J connectivity index is 2.99. The van der Waals surface area contributed by atoms with Gasteiger partial charge >= 0.3 is 11.9 Å². The van der Waals surface area contributed by atoms with Gasteiger partial charge in [0.15, 0.2) is 0 Å². The van der Waals surface area contributed by atoms with Crippen LogP contribution in [0.1, 0.15) is 11.3 Å². The minimum absolute atomic E-state index is 0.168. The van der Waals surface area contributed by atoms with E-state index in [1.54, 1.807) is 11.1 Å². The van der Waals surface area contributed by atoms with Crippen LogP contribution in [0.4, 0.5) is 17.6 Å². The van der Waals surface area contributed by atoms with Crippen LogP contribution in [-0.4, -0.2) is 16.7 Å². The van der Waals surface area contributed by atoms with Crippen molar-refractivity contribution in [3.8, 4) is 22.9 Å². The van der Waals surface area contributed by atoms with Crippen molar-refractivity contribution in [1.29, 1.82) is 5.26 Å². The van der Waals surface area contributed by atoms with Crippen LogP contribution in [0.3, 0.4) is 0 Å². The highest BCUT2D eigenvalue weighted by Crippen LogP contribution is 2.36. The van der Waals surface area contributed by atoms with Crippen LogP contribution < -0.4 is 16.0 Å². The fraction of sp³-hybridized carbons (Fsp3) is 0.214. The molecule has 0 aliphatic carbocycles. The van der Waals surface area contributed by atoms with Crippen molar-refractivity contribution in [1.82, 2.24) is 9.55 Å². The average molecular weight is 343 g/mol. The number of hydrogen-bond acceptors (Lipinski definition) is 4. The van der Waals surface area contributed by atoms with Gasteiger partial charge in [-0.2, -0.15) is 18.4 Å². The van der Waals surface area contributed by atoms with E-state index in [-0.39, 0.29) is 15.9 Å². The third kappa shape index (κ3) is 2.76. The highest BCUT2D eigenvalue weighted by Gasteiger charge is 2.39. The Morgan fingerprint density at radius 1 is 1.29 bits per heavy atom. The van der Waals surface area contributed by atoms with Crippen molar-refractivity contribution in [3.05, 3.63) is 50.0 Å². The van der Waals surface area contributed by atoms with Crippen LogP contribution in [0, 0.1) is 17.1 Å². The van der Waals surface area contributed by atoms with E-state index >= 15 is 0 Å². The lowest BCUT2D eigenvalue weighted by atomic mass is 10.0. The Morgan fingerprint density at radius 3 is 2.42 bits per heavy atom. The molecule has 0 unspecified atom stereocenters. The Hall–Kier alpha value is -3.09. The molecule has 24 heavy (non-hydrogen) atoms. The number of nitrogens with zero attached hydrogens (tertiary/aromatic N) is 2. The van der Waals surface area contributed by atoms with Crippen LogP contribution >= 0.6 is 0 Å². The molecule has 0 saturated carbocycles. The van der Waals surface area contributed by atoms with Crippen LogP contribution in [0.25, 0.3) is 11.1 Å². The number of alkyl halides is 3. The highest BCUT2D eigenvalue weighted by atomic mass is 19.4. The summed E-state index contributed by atoms with van der Waals surface area (Å²) in [6.45, 7) is 0. The first-order chi connectivity index (χ1) is 11.1. The second-order valence-corrected chi connectivity index (χ2v) is 4.68. The van der Waals surface area contributed by atoms with Gasteiger partial charge in [0, 0.05) is 12.6 Å². The molecule has 0 radical (unpaired) electrons.